The van der Waals surface area contributed by atoms with E-state index < -0.39 is 18.4 Å². The van der Waals surface area contributed by atoms with Gasteiger partial charge in [0.2, 0.25) is 5.91 Å². The summed E-state index contributed by atoms with van der Waals surface area (Å²) < 4.78 is 5.43. The van der Waals surface area contributed by atoms with Crippen LogP contribution >= 0.6 is 0 Å². The van der Waals surface area contributed by atoms with Gasteiger partial charge in [-0.25, -0.2) is 0 Å². The molecular weight excluding hydrogens is 506 g/mol. The molecule has 2 aromatic carbocycles. The highest BCUT2D eigenvalue weighted by atomic mass is 16.7. The van der Waals surface area contributed by atoms with E-state index in [1.165, 1.54) is 23.2 Å². The van der Waals surface area contributed by atoms with Crippen molar-refractivity contribution in [2.24, 2.45) is 0 Å². The molecule has 204 valence electrons. The van der Waals surface area contributed by atoms with Crippen LogP contribution in [0.5, 0.6) is 5.75 Å². The molecule has 2 amide bonds. The van der Waals surface area contributed by atoms with Crippen LogP contribution in [0.3, 0.4) is 0 Å². The Morgan fingerprint density at radius 1 is 1.26 bits per heavy atom. The first-order valence-electron chi connectivity index (χ1n) is 12.4. The minimum atomic E-state index is -0.761. The highest BCUT2D eigenvalue weighted by Gasteiger charge is 2.32. The van der Waals surface area contributed by atoms with Gasteiger partial charge in [0.15, 0.2) is 5.75 Å². The van der Waals surface area contributed by atoms with Gasteiger partial charge in [0.25, 0.3) is 5.91 Å². The molecule has 1 saturated heterocycles. The van der Waals surface area contributed by atoms with E-state index in [4.69, 9.17) is 14.7 Å². The van der Waals surface area contributed by atoms with Crippen LogP contribution < -0.4 is 20.8 Å². The second-order valence-corrected chi connectivity index (χ2v) is 8.87. The molecule has 4 rings (SSSR count). The summed E-state index contributed by atoms with van der Waals surface area (Å²) in [5, 5.41) is 44.8. The Morgan fingerprint density at radius 3 is 2.82 bits per heavy atom. The highest BCUT2D eigenvalue weighted by Crippen LogP contribution is 2.21. The summed E-state index contributed by atoms with van der Waals surface area (Å²) in [5.74, 6) is -0.425. The molecule has 1 aliphatic heterocycles. The molecule has 0 bridgehead atoms. The van der Waals surface area contributed by atoms with Gasteiger partial charge in [-0.15, -0.1) is 5.10 Å². The lowest BCUT2D eigenvalue weighted by Gasteiger charge is -2.13. The first-order chi connectivity index (χ1) is 18.9. The Labute approximate surface area is 224 Å². The molecule has 1 fully saturated rings. The number of carbonyl (C=O) groups excluding carboxylic acids is 2. The van der Waals surface area contributed by atoms with Crippen LogP contribution in [0.25, 0.3) is 11.0 Å². The molecule has 1 aromatic heterocycles. The van der Waals surface area contributed by atoms with Gasteiger partial charge in [-0.3, -0.25) is 9.59 Å². The third-order valence-electron chi connectivity index (χ3n) is 6.04. The van der Waals surface area contributed by atoms with Crippen molar-refractivity contribution in [3.05, 3.63) is 65.4 Å². The zero-order valence-electron chi connectivity index (χ0n) is 21.2. The minimum Gasteiger partial charge on any atom is -0.394 e. The average molecular weight is 536 g/mol. The molecule has 3 atom stereocenters. The molecule has 1 aliphatic rings. The maximum Gasteiger partial charge on any atom is 0.251 e. The number of aliphatic hydroxyl groups is 2. The summed E-state index contributed by atoms with van der Waals surface area (Å²) in [6.07, 6.45) is 0.405. The fraction of sp³-hybridized carbons (Fsp3) is 0.346. The van der Waals surface area contributed by atoms with E-state index in [1.807, 2.05) is 18.2 Å². The lowest BCUT2D eigenvalue weighted by Crippen LogP contribution is -2.31. The zero-order chi connectivity index (χ0) is 27.8. The lowest BCUT2D eigenvalue weighted by molar-refractivity contribution is -0.117. The van der Waals surface area contributed by atoms with Crippen LogP contribution in [-0.4, -0.2) is 75.3 Å². The summed E-state index contributed by atoms with van der Waals surface area (Å²) in [6.45, 7) is 1.99. The average Bonchev–Trinajstić information content (AvgIpc) is 3.53. The Morgan fingerprint density at radius 2 is 2.05 bits per heavy atom. The van der Waals surface area contributed by atoms with E-state index in [1.54, 1.807) is 25.1 Å². The number of nitrogens with zero attached hydrogens (tertiary/aromatic N) is 4. The van der Waals surface area contributed by atoms with Crippen molar-refractivity contribution in [1.29, 1.82) is 5.26 Å². The van der Waals surface area contributed by atoms with Crippen LogP contribution in [0.1, 0.15) is 35.7 Å². The standard InChI is InChI=1S/C26H29N7O6/c1-16(14-30-24-12-21(35)23(15-34)38-24)25(36)28-9-4-10-29-26(37)17-7-8-22(18(11-17)13-27)39-33-20-6-3-2-5-19(20)31-32-33/h2-3,5-8,11,14,21,23-24,30,34-35H,4,9-10,12,15H2,1H3,(H,28,36)(H,29,37)/b16-14-/t21-,23+,24+/m0/s1. The monoisotopic (exact) mass is 535 g/mol. The fourth-order valence-electron chi connectivity index (χ4n) is 3.86. The van der Waals surface area contributed by atoms with Crippen molar-refractivity contribution < 1.29 is 29.4 Å². The maximum absolute atomic E-state index is 12.6. The number of fused-ring (bicyclic) bond motifs is 1. The second kappa shape index (κ2) is 12.8. The normalized spacial score (nSPS) is 18.9. The number of benzene rings is 2. The number of carbonyl (C=O) groups is 2. The van der Waals surface area contributed by atoms with Gasteiger partial charge in [-0.2, -0.15) is 5.26 Å². The summed E-state index contributed by atoms with van der Waals surface area (Å²) >= 11 is 0. The zero-order valence-corrected chi connectivity index (χ0v) is 21.2. The van der Waals surface area contributed by atoms with Crippen LogP contribution in [0.2, 0.25) is 0 Å². The summed E-state index contributed by atoms with van der Waals surface area (Å²) in [6, 6.07) is 13.7. The molecule has 5 N–H and O–H groups in total. The Kier molecular flexibility index (Phi) is 9.06. The SMILES string of the molecule is C/C(=C/N[C@H]1C[C@H](O)[C@@H](CO)O1)C(=O)NCCCNC(=O)c1ccc(On2nnc3ccccc32)c(C#N)c1. The second-order valence-electron chi connectivity index (χ2n) is 8.87. The van der Waals surface area contributed by atoms with Gasteiger partial charge in [-0.1, -0.05) is 17.0 Å². The molecule has 13 nitrogen and oxygen atoms in total. The van der Waals surface area contributed by atoms with Crippen molar-refractivity contribution in [2.45, 2.75) is 38.2 Å². The molecule has 13 heteroatoms. The van der Waals surface area contributed by atoms with Crippen molar-refractivity contribution >= 4 is 22.8 Å². The number of hydrogen-bond acceptors (Lipinski definition) is 10. The number of aromatic nitrogens is 3. The number of nitrogens with one attached hydrogen (secondary N) is 3. The van der Waals surface area contributed by atoms with E-state index in [0.29, 0.717) is 48.1 Å². The van der Waals surface area contributed by atoms with Gasteiger partial charge < -0.3 is 35.7 Å². The predicted octanol–water partition coefficient (Wildman–Crippen LogP) is 0.343. The summed E-state index contributed by atoms with van der Waals surface area (Å²) in [7, 11) is 0. The van der Waals surface area contributed by atoms with E-state index in [9.17, 15) is 20.0 Å². The molecule has 0 radical (unpaired) electrons. The first-order valence-corrected chi connectivity index (χ1v) is 12.4. The van der Waals surface area contributed by atoms with Crippen molar-refractivity contribution in [3.63, 3.8) is 0 Å². The molecule has 0 aliphatic carbocycles. The number of ether oxygens (including phenoxy) is 1. The number of rotatable bonds is 11. The molecule has 0 unspecified atom stereocenters. The van der Waals surface area contributed by atoms with Crippen LogP contribution in [-0.2, 0) is 9.53 Å². The molecule has 2 heterocycles. The Hall–Kier alpha value is -4.51. The number of para-hydroxylation sites is 1. The molecule has 3 aromatic rings. The first kappa shape index (κ1) is 27.5. The third kappa shape index (κ3) is 6.88. The van der Waals surface area contributed by atoms with Crippen LogP contribution in [0.4, 0.5) is 0 Å². The van der Waals surface area contributed by atoms with Gasteiger partial charge in [-0.05, 0) is 48.9 Å². The predicted molar refractivity (Wildman–Crippen MR) is 138 cm³/mol. The van der Waals surface area contributed by atoms with Crippen LogP contribution in [0, 0.1) is 11.3 Å². The summed E-state index contributed by atoms with van der Waals surface area (Å²) in [4.78, 5) is 31.7. The third-order valence-corrected chi connectivity index (χ3v) is 6.04. The van der Waals surface area contributed by atoms with E-state index >= 15 is 0 Å². The Bertz CT molecular complexity index is 1400. The van der Waals surface area contributed by atoms with Gasteiger partial charge in [0.05, 0.1) is 18.3 Å². The molecule has 39 heavy (non-hydrogen) atoms. The van der Waals surface area contributed by atoms with Crippen molar-refractivity contribution in [2.75, 3.05) is 19.7 Å². The number of nitriles is 1. The number of amides is 2. The lowest BCUT2D eigenvalue weighted by atomic mass is 10.1. The van der Waals surface area contributed by atoms with E-state index in [-0.39, 0.29) is 29.7 Å². The van der Waals surface area contributed by atoms with Crippen LogP contribution in [0.15, 0.2) is 54.2 Å². The van der Waals surface area contributed by atoms with Gasteiger partial charge >= 0.3 is 0 Å². The van der Waals surface area contributed by atoms with Crippen molar-refractivity contribution in [1.82, 2.24) is 31.1 Å². The minimum absolute atomic E-state index is 0.162. The fourth-order valence-corrected chi connectivity index (χ4v) is 3.86. The maximum atomic E-state index is 12.6. The van der Waals surface area contributed by atoms with Gasteiger partial charge in [0, 0.05) is 36.8 Å². The summed E-state index contributed by atoms with van der Waals surface area (Å²) in [5.41, 5.74) is 2.14. The molecule has 0 saturated carbocycles. The highest BCUT2D eigenvalue weighted by molar-refractivity contribution is 5.95. The van der Waals surface area contributed by atoms with E-state index in [0.717, 1.165) is 0 Å². The number of aliphatic hydroxyl groups excluding tert-OH is 2. The van der Waals surface area contributed by atoms with Crippen molar-refractivity contribution in [3.8, 4) is 11.8 Å². The topological polar surface area (TPSA) is 184 Å². The smallest absolute Gasteiger partial charge is 0.251 e. The van der Waals surface area contributed by atoms with E-state index in [2.05, 4.69) is 26.3 Å². The largest absolute Gasteiger partial charge is 0.394 e. The Balaban J connectivity index is 1.21. The number of hydrogen-bond donors (Lipinski definition) is 5. The molecule has 0 spiro atoms. The molecular formula is C26H29N7O6. The quantitative estimate of drug-likeness (QED) is 0.169. The van der Waals surface area contributed by atoms with Gasteiger partial charge in [0.1, 0.15) is 29.4 Å².